The van der Waals surface area contributed by atoms with Gasteiger partial charge < -0.3 is 11.1 Å². The number of hydrogen-bond acceptors (Lipinski definition) is 6. The van der Waals surface area contributed by atoms with E-state index in [4.69, 9.17) is 5.73 Å². The van der Waals surface area contributed by atoms with Gasteiger partial charge >= 0.3 is 0 Å². The largest absolute Gasteiger partial charge is 0.393 e. The van der Waals surface area contributed by atoms with Crippen LogP contribution in [-0.2, 0) is 22.3 Å². The molecule has 2 rings (SSSR count). The molecule has 0 aromatic heterocycles. The lowest BCUT2D eigenvalue weighted by molar-refractivity contribution is -0.384. The molecule has 0 saturated carbocycles. The Balaban J connectivity index is 2.06. The van der Waals surface area contributed by atoms with Crippen molar-refractivity contribution in [1.29, 1.82) is 0 Å². The molecule has 0 saturated heterocycles. The van der Waals surface area contributed by atoms with Gasteiger partial charge in [0, 0.05) is 12.6 Å². The van der Waals surface area contributed by atoms with Gasteiger partial charge in [-0.3, -0.25) is 14.9 Å². The number of nitrogens with two attached hydrogens (primary N) is 1. The van der Waals surface area contributed by atoms with Crippen molar-refractivity contribution in [2.24, 2.45) is 0 Å². The number of carbonyl (C=O) groups excluding carboxylic acids is 1. The predicted octanol–water partition coefficient (Wildman–Crippen LogP) is 2.07. The summed E-state index contributed by atoms with van der Waals surface area (Å²) in [5.74, 6) is -1.89. The molecular formula is C18H21FN4O5S. The summed E-state index contributed by atoms with van der Waals surface area (Å²) in [4.78, 5) is 22.3. The monoisotopic (exact) mass is 424 g/mol. The SMILES string of the molecule is CC(C)NS(=O)(=O)Cc1ccc(CNC(=O)c2cc(F)cc([N+](=O)[O-])c2N)cc1. The maximum Gasteiger partial charge on any atom is 0.295 e. The molecule has 0 aliphatic heterocycles. The van der Waals surface area contributed by atoms with Gasteiger partial charge in [0.1, 0.15) is 11.5 Å². The number of nitrogens with zero attached hydrogens (tertiary/aromatic N) is 1. The Morgan fingerprint density at radius 1 is 1.21 bits per heavy atom. The lowest BCUT2D eigenvalue weighted by Gasteiger charge is -2.11. The number of sulfonamides is 1. The number of hydrogen-bond donors (Lipinski definition) is 3. The maximum atomic E-state index is 13.6. The molecule has 29 heavy (non-hydrogen) atoms. The molecule has 0 heterocycles. The number of halogens is 1. The van der Waals surface area contributed by atoms with Crippen LogP contribution in [-0.4, -0.2) is 25.3 Å². The summed E-state index contributed by atoms with van der Waals surface area (Å²) in [6.07, 6.45) is 0. The topological polar surface area (TPSA) is 144 Å². The Hall–Kier alpha value is -3.05. The Morgan fingerprint density at radius 3 is 2.34 bits per heavy atom. The average molecular weight is 424 g/mol. The van der Waals surface area contributed by atoms with Crippen LogP contribution in [0.1, 0.15) is 35.3 Å². The van der Waals surface area contributed by atoms with E-state index in [9.17, 15) is 27.7 Å². The van der Waals surface area contributed by atoms with Crippen LogP contribution in [0.4, 0.5) is 15.8 Å². The minimum absolute atomic E-state index is 0.0415. The molecule has 0 fully saturated rings. The highest BCUT2D eigenvalue weighted by Crippen LogP contribution is 2.26. The van der Waals surface area contributed by atoms with E-state index in [2.05, 4.69) is 10.0 Å². The molecule has 0 atom stereocenters. The number of nitro benzene ring substituents is 1. The second-order valence-corrected chi connectivity index (χ2v) is 8.43. The zero-order valence-corrected chi connectivity index (χ0v) is 16.6. The van der Waals surface area contributed by atoms with Gasteiger partial charge in [-0.05, 0) is 31.0 Å². The van der Waals surface area contributed by atoms with Crippen LogP contribution in [0.3, 0.4) is 0 Å². The fourth-order valence-electron chi connectivity index (χ4n) is 2.59. The van der Waals surface area contributed by atoms with E-state index < -0.39 is 38.0 Å². The number of benzene rings is 2. The molecule has 0 unspecified atom stereocenters. The molecule has 4 N–H and O–H groups in total. The quantitative estimate of drug-likeness (QED) is 0.336. The van der Waals surface area contributed by atoms with Gasteiger partial charge in [-0.25, -0.2) is 17.5 Å². The van der Waals surface area contributed by atoms with Crippen LogP contribution in [0.25, 0.3) is 0 Å². The van der Waals surface area contributed by atoms with E-state index in [1.54, 1.807) is 38.1 Å². The van der Waals surface area contributed by atoms with Crippen molar-refractivity contribution in [3.8, 4) is 0 Å². The van der Waals surface area contributed by atoms with Crippen LogP contribution < -0.4 is 15.8 Å². The maximum absolute atomic E-state index is 13.6. The standard InChI is InChI=1S/C18H21FN4O5S/c1-11(2)22-29(27,28)10-13-5-3-12(4-6-13)9-21-18(24)15-7-14(19)8-16(17(15)20)23(25)26/h3-8,11,22H,9-10,20H2,1-2H3,(H,21,24). The lowest BCUT2D eigenvalue weighted by Crippen LogP contribution is -2.31. The van der Waals surface area contributed by atoms with Crippen LogP contribution in [0.2, 0.25) is 0 Å². The minimum Gasteiger partial charge on any atom is -0.393 e. The van der Waals surface area contributed by atoms with Crippen LogP contribution in [0.5, 0.6) is 0 Å². The fourth-order valence-corrected chi connectivity index (χ4v) is 4.03. The number of nitrogen functional groups attached to an aromatic ring is 1. The van der Waals surface area contributed by atoms with Gasteiger partial charge in [-0.2, -0.15) is 0 Å². The summed E-state index contributed by atoms with van der Waals surface area (Å²) in [5.41, 5.74) is 5.38. The normalized spacial score (nSPS) is 11.4. The van der Waals surface area contributed by atoms with Crippen molar-refractivity contribution in [3.05, 3.63) is 69.0 Å². The minimum atomic E-state index is -3.45. The lowest BCUT2D eigenvalue weighted by atomic mass is 10.1. The third kappa shape index (κ3) is 6.22. The average Bonchev–Trinajstić information content (AvgIpc) is 2.60. The third-order valence-electron chi connectivity index (χ3n) is 3.81. The van der Waals surface area contributed by atoms with Gasteiger partial charge in [0.15, 0.2) is 0 Å². The number of nitrogens with one attached hydrogen (secondary N) is 2. The van der Waals surface area contributed by atoms with E-state index in [0.717, 1.165) is 6.07 Å². The molecule has 9 nitrogen and oxygen atoms in total. The van der Waals surface area contributed by atoms with Crippen molar-refractivity contribution >= 4 is 27.3 Å². The van der Waals surface area contributed by atoms with Crippen LogP contribution in [0.15, 0.2) is 36.4 Å². The van der Waals surface area contributed by atoms with E-state index in [0.29, 0.717) is 17.2 Å². The van der Waals surface area contributed by atoms with Gasteiger partial charge in [0.05, 0.1) is 22.3 Å². The summed E-state index contributed by atoms with van der Waals surface area (Å²) in [6, 6.07) is 7.77. The highest BCUT2D eigenvalue weighted by Gasteiger charge is 2.21. The van der Waals surface area contributed by atoms with E-state index in [-0.39, 0.29) is 23.9 Å². The van der Waals surface area contributed by atoms with Crippen molar-refractivity contribution in [3.63, 3.8) is 0 Å². The summed E-state index contributed by atoms with van der Waals surface area (Å²) in [6.45, 7) is 3.49. The zero-order chi connectivity index (χ0) is 21.8. The number of amides is 1. The Morgan fingerprint density at radius 2 is 1.79 bits per heavy atom. The highest BCUT2D eigenvalue weighted by atomic mass is 32.2. The van der Waals surface area contributed by atoms with Gasteiger partial charge in [-0.1, -0.05) is 24.3 Å². The number of carbonyl (C=O) groups is 1. The molecule has 11 heteroatoms. The van der Waals surface area contributed by atoms with Gasteiger partial charge in [-0.15, -0.1) is 0 Å². The Bertz CT molecular complexity index is 1020. The van der Waals surface area contributed by atoms with Gasteiger partial charge in [0.2, 0.25) is 10.0 Å². The highest BCUT2D eigenvalue weighted by molar-refractivity contribution is 7.88. The van der Waals surface area contributed by atoms with Crippen molar-refractivity contribution in [2.45, 2.75) is 32.2 Å². The third-order valence-corrected chi connectivity index (χ3v) is 5.36. The van der Waals surface area contributed by atoms with Crippen molar-refractivity contribution in [2.75, 3.05) is 5.73 Å². The van der Waals surface area contributed by atoms with Crippen LogP contribution >= 0.6 is 0 Å². The number of nitro groups is 1. The number of rotatable bonds is 8. The molecule has 0 spiro atoms. The van der Waals surface area contributed by atoms with E-state index in [1.807, 2.05) is 0 Å². The predicted molar refractivity (Wildman–Crippen MR) is 106 cm³/mol. The molecule has 2 aromatic rings. The Labute approximate surface area is 167 Å². The summed E-state index contributed by atoms with van der Waals surface area (Å²) >= 11 is 0. The molecular weight excluding hydrogens is 403 g/mol. The van der Waals surface area contributed by atoms with E-state index in [1.165, 1.54) is 0 Å². The molecule has 156 valence electrons. The second kappa shape index (κ2) is 8.97. The molecule has 0 bridgehead atoms. The van der Waals surface area contributed by atoms with Crippen LogP contribution in [0, 0.1) is 15.9 Å². The smallest absolute Gasteiger partial charge is 0.295 e. The van der Waals surface area contributed by atoms with Crippen molar-refractivity contribution < 1.29 is 22.5 Å². The zero-order valence-electron chi connectivity index (χ0n) is 15.8. The summed E-state index contributed by atoms with van der Waals surface area (Å²) in [7, 11) is -3.45. The van der Waals surface area contributed by atoms with Gasteiger partial charge in [0.25, 0.3) is 11.6 Å². The molecule has 2 aromatic carbocycles. The first kappa shape index (κ1) is 22.2. The van der Waals surface area contributed by atoms with E-state index >= 15 is 0 Å². The van der Waals surface area contributed by atoms with Crippen molar-refractivity contribution in [1.82, 2.24) is 10.0 Å². The second-order valence-electron chi connectivity index (χ2n) is 6.67. The summed E-state index contributed by atoms with van der Waals surface area (Å²) < 4.78 is 39.9. The molecule has 0 aliphatic carbocycles. The first-order chi connectivity index (χ1) is 13.5. The Kier molecular flexibility index (Phi) is 6.88. The first-order valence-electron chi connectivity index (χ1n) is 8.58. The fraction of sp³-hybridized carbons (Fsp3) is 0.278. The first-order valence-corrected chi connectivity index (χ1v) is 10.2. The summed E-state index contributed by atoms with van der Waals surface area (Å²) in [5, 5.41) is 13.4. The molecule has 0 radical (unpaired) electrons. The molecule has 0 aliphatic rings. The number of anilines is 1. The molecule has 1 amide bonds.